The predicted octanol–water partition coefficient (Wildman–Crippen LogP) is 2.69. The summed E-state index contributed by atoms with van der Waals surface area (Å²) in [7, 11) is -1.95. The van der Waals surface area contributed by atoms with Gasteiger partial charge in [-0.3, -0.25) is 9.36 Å². The molecule has 3 aromatic rings. The van der Waals surface area contributed by atoms with E-state index in [1.807, 2.05) is 48.9 Å². The molecule has 0 unspecified atom stereocenters. The van der Waals surface area contributed by atoms with Crippen molar-refractivity contribution in [1.82, 2.24) is 23.9 Å². The molecule has 0 spiro atoms. The standard InChI is InChI=1S/C20H27N5O2S/c1-5-25-17(3)19(13-21-25)14-24(12-11-18-9-7-6-8-10-18)28(26,27)20-15-23(4)22-16(20)2/h6-10,13,15H,5,11-12,14H2,1-4H3. The zero-order valence-electron chi connectivity index (χ0n) is 16.8. The van der Waals surface area contributed by atoms with E-state index in [4.69, 9.17) is 0 Å². The number of benzene rings is 1. The van der Waals surface area contributed by atoms with Crippen LogP contribution in [-0.4, -0.2) is 38.8 Å². The van der Waals surface area contributed by atoms with Crippen molar-refractivity contribution in [1.29, 1.82) is 0 Å². The summed E-state index contributed by atoms with van der Waals surface area (Å²) in [5.74, 6) is 0. The summed E-state index contributed by atoms with van der Waals surface area (Å²) >= 11 is 0. The van der Waals surface area contributed by atoms with Crippen molar-refractivity contribution in [2.24, 2.45) is 7.05 Å². The highest BCUT2D eigenvalue weighted by Gasteiger charge is 2.29. The van der Waals surface area contributed by atoms with Crippen LogP contribution in [-0.2, 0) is 36.6 Å². The Morgan fingerprint density at radius 2 is 1.86 bits per heavy atom. The Morgan fingerprint density at radius 1 is 1.14 bits per heavy atom. The van der Waals surface area contributed by atoms with E-state index in [0.29, 0.717) is 18.7 Å². The summed E-state index contributed by atoms with van der Waals surface area (Å²) in [6.45, 7) is 7.15. The van der Waals surface area contributed by atoms with Gasteiger partial charge in [0.25, 0.3) is 0 Å². The number of aryl methyl sites for hydroxylation is 3. The maximum absolute atomic E-state index is 13.4. The molecule has 8 heteroatoms. The number of aromatic nitrogens is 4. The minimum Gasteiger partial charge on any atom is -0.274 e. The monoisotopic (exact) mass is 401 g/mol. The van der Waals surface area contributed by atoms with Gasteiger partial charge in [0.1, 0.15) is 4.90 Å². The molecular weight excluding hydrogens is 374 g/mol. The molecule has 7 nitrogen and oxygen atoms in total. The maximum atomic E-state index is 13.4. The molecule has 0 atom stereocenters. The van der Waals surface area contributed by atoms with E-state index in [1.165, 1.54) is 8.99 Å². The lowest BCUT2D eigenvalue weighted by molar-refractivity contribution is 0.408. The van der Waals surface area contributed by atoms with Gasteiger partial charge >= 0.3 is 0 Å². The average molecular weight is 402 g/mol. The molecular formula is C20H27N5O2S. The average Bonchev–Trinajstić information content (AvgIpc) is 3.20. The lowest BCUT2D eigenvalue weighted by Gasteiger charge is -2.22. The molecule has 1 aromatic carbocycles. The van der Waals surface area contributed by atoms with Gasteiger partial charge in [-0.1, -0.05) is 30.3 Å². The van der Waals surface area contributed by atoms with Crippen LogP contribution in [0.15, 0.2) is 47.6 Å². The second-order valence-electron chi connectivity index (χ2n) is 6.90. The van der Waals surface area contributed by atoms with E-state index in [2.05, 4.69) is 10.2 Å². The zero-order chi connectivity index (χ0) is 20.3. The summed E-state index contributed by atoms with van der Waals surface area (Å²) in [5.41, 5.74) is 3.52. The number of rotatable bonds is 8. The van der Waals surface area contributed by atoms with Crippen molar-refractivity contribution in [2.75, 3.05) is 6.54 Å². The molecule has 3 rings (SSSR count). The van der Waals surface area contributed by atoms with Gasteiger partial charge in [-0.15, -0.1) is 0 Å². The van der Waals surface area contributed by atoms with Crippen molar-refractivity contribution in [3.05, 3.63) is 65.2 Å². The third-order valence-electron chi connectivity index (χ3n) is 4.93. The van der Waals surface area contributed by atoms with Crippen LogP contribution in [0.4, 0.5) is 0 Å². The number of sulfonamides is 1. The minimum absolute atomic E-state index is 0.253. The normalized spacial score (nSPS) is 12.0. The summed E-state index contributed by atoms with van der Waals surface area (Å²) < 4.78 is 31.8. The molecule has 0 N–H and O–H groups in total. The highest BCUT2D eigenvalue weighted by atomic mass is 32.2. The summed E-state index contributed by atoms with van der Waals surface area (Å²) in [6, 6.07) is 9.92. The van der Waals surface area contributed by atoms with Crippen molar-refractivity contribution in [2.45, 2.75) is 45.2 Å². The largest absolute Gasteiger partial charge is 0.274 e. The summed E-state index contributed by atoms with van der Waals surface area (Å²) in [5, 5.41) is 8.58. The van der Waals surface area contributed by atoms with Crippen LogP contribution in [0.2, 0.25) is 0 Å². The molecule has 0 saturated carbocycles. The van der Waals surface area contributed by atoms with E-state index < -0.39 is 10.0 Å². The van der Waals surface area contributed by atoms with Crippen molar-refractivity contribution < 1.29 is 8.42 Å². The Balaban J connectivity index is 1.93. The SMILES string of the molecule is CCn1ncc(CN(CCc2ccccc2)S(=O)(=O)c2cn(C)nc2C)c1C. The van der Waals surface area contributed by atoms with Gasteiger partial charge in [0.15, 0.2) is 0 Å². The molecule has 0 radical (unpaired) electrons. The smallest absolute Gasteiger partial charge is 0.246 e. The fourth-order valence-electron chi connectivity index (χ4n) is 3.30. The maximum Gasteiger partial charge on any atom is 0.246 e. The van der Waals surface area contributed by atoms with Gasteiger partial charge < -0.3 is 0 Å². The number of hydrogen-bond donors (Lipinski definition) is 0. The first-order valence-electron chi connectivity index (χ1n) is 9.38. The fraction of sp³-hybridized carbons (Fsp3) is 0.400. The topological polar surface area (TPSA) is 73.0 Å². The third kappa shape index (κ3) is 4.18. The van der Waals surface area contributed by atoms with E-state index in [1.54, 1.807) is 26.4 Å². The van der Waals surface area contributed by atoms with Crippen molar-refractivity contribution in [3.8, 4) is 0 Å². The van der Waals surface area contributed by atoms with Gasteiger partial charge in [-0.25, -0.2) is 8.42 Å². The fourth-order valence-corrected chi connectivity index (χ4v) is 4.92. The second-order valence-corrected chi connectivity index (χ2v) is 8.80. The van der Waals surface area contributed by atoms with E-state index >= 15 is 0 Å². The molecule has 0 saturated heterocycles. The Hall–Kier alpha value is -2.45. The lowest BCUT2D eigenvalue weighted by Crippen LogP contribution is -2.33. The molecule has 0 fully saturated rings. The van der Waals surface area contributed by atoms with Gasteiger partial charge in [-0.2, -0.15) is 14.5 Å². The Labute approximate surface area is 166 Å². The number of nitrogens with zero attached hydrogens (tertiary/aromatic N) is 5. The van der Waals surface area contributed by atoms with Crippen molar-refractivity contribution >= 4 is 10.0 Å². The number of hydrogen-bond acceptors (Lipinski definition) is 4. The second kappa shape index (κ2) is 8.28. The van der Waals surface area contributed by atoms with Crippen LogP contribution in [0, 0.1) is 13.8 Å². The Bertz CT molecular complexity index is 1040. The van der Waals surface area contributed by atoms with Gasteiger partial charge in [0.05, 0.1) is 11.9 Å². The molecule has 2 heterocycles. The van der Waals surface area contributed by atoms with E-state index in [9.17, 15) is 8.42 Å². The lowest BCUT2D eigenvalue weighted by atomic mass is 10.1. The van der Waals surface area contributed by atoms with Gasteiger partial charge in [0.2, 0.25) is 10.0 Å². The van der Waals surface area contributed by atoms with E-state index in [0.717, 1.165) is 23.4 Å². The van der Waals surface area contributed by atoms with Crippen LogP contribution >= 0.6 is 0 Å². The third-order valence-corrected chi connectivity index (χ3v) is 6.88. The Morgan fingerprint density at radius 3 is 2.43 bits per heavy atom. The zero-order valence-corrected chi connectivity index (χ0v) is 17.6. The minimum atomic E-state index is -3.68. The molecule has 0 aliphatic rings. The molecule has 150 valence electrons. The van der Waals surface area contributed by atoms with Crippen LogP contribution in [0.5, 0.6) is 0 Å². The van der Waals surface area contributed by atoms with Gasteiger partial charge in [-0.05, 0) is 32.8 Å². The van der Waals surface area contributed by atoms with Gasteiger partial charge in [0, 0.05) is 44.1 Å². The molecule has 28 heavy (non-hydrogen) atoms. The Kier molecular flexibility index (Phi) is 6.00. The predicted molar refractivity (Wildman–Crippen MR) is 108 cm³/mol. The summed E-state index contributed by atoms with van der Waals surface area (Å²) in [4.78, 5) is 0.253. The van der Waals surface area contributed by atoms with Crippen LogP contribution in [0.3, 0.4) is 0 Å². The summed E-state index contributed by atoms with van der Waals surface area (Å²) in [6.07, 6.45) is 3.98. The molecule has 0 amide bonds. The molecule has 0 aliphatic carbocycles. The quantitative estimate of drug-likeness (QED) is 0.582. The molecule has 0 bridgehead atoms. The molecule has 0 aliphatic heterocycles. The highest BCUT2D eigenvalue weighted by Crippen LogP contribution is 2.22. The first kappa shape index (κ1) is 20.3. The first-order valence-corrected chi connectivity index (χ1v) is 10.8. The van der Waals surface area contributed by atoms with E-state index in [-0.39, 0.29) is 11.4 Å². The molecule has 2 aromatic heterocycles. The van der Waals surface area contributed by atoms with Crippen LogP contribution in [0.1, 0.15) is 29.4 Å². The van der Waals surface area contributed by atoms with Crippen LogP contribution in [0.25, 0.3) is 0 Å². The van der Waals surface area contributed by atoms with Crippen molar-refractivity contribution in [3.63, 3.8) is 0 Å². The highest BCUT2D eigenvalue weighted by molar-refractivity contribution is 7.89. The first-order chi connectivity index (χ1) is 13.3. The van der Waals surface area contributed by atoms with Crippen LogP contribution < -0.4 is 0 Å².